The number of hydrogen-bond donors (Lipinski definition) is 1. The van der Waals surface area contributed by atoms with Crippen molar-refractivity contribution < 1.29 is 4.74 Å². The van der Waals surface area contributed by atoms with E-state index in [1.807, 2.05) is 24.3 Å². The van der Waals surface area contributed by atoms with Crippen LogP contribution < -0.4 is 10.1 Å². The summed E-state index contributed by atoms with van der Waals surface area (Å²) in [5.41, 5.74) is 3.60. The molecule has 0 atom stereocenters. The molecule has 19 heavy (non-hydrogen) atoms. The molecule has 98 valence electrons. The maximum Gasteiger partial charge on any atom is 0.119 e. The zero-order valence-electron chi connectivity index (χ0n) is 11.4. The maximum absolute atomic E-state index is 5.12. The highest BCUT2D eigenvalue weighted by Gasteiger charge is 1.91. The van der Waals surface area contributed by atoms with E-state index in [1.165, 1.54) is 11.1 Å². The average molecular weight is 253 g/mol. The summed E-state index contributed by atoms with van der Waals surface area (Å²) in [6.45, 7) is 2.90. The van der Waals surface area contributed by atoms with Crippen molar-refractivity contribution in [1.29, 1.82) is 0 Å². The lowest BCUT2D eigenvalue weighted by Crippen LogP contribution is -1.97. The molecule has 2 heteroatoms. The lowest BCUT2D eigenvalue weighted by molar-refractivity contribution is 0.415. The molecule has 0 unspecified atom stereocenters. The Morgan fingerprint density at radius 3 is 2.32 bits per heavy atom. The lowest BCUT2D eigenvalue weighted by Gasteiger charge is -2.04. The third-order valence-corrected chi connectivity index (χ3v) is 2.90. The highest BCUT2D eigenvalue weighted by atomic mass is 16.5. The summed E-state index contributed by atoms with van der Waals surface area (Å²) < 4.78 is 5.12. The summed E-state index contributed by atoms with van der Waals surface area (Å²) in [6.07, 6.45) is 4.24. The van der Waals surface area contributed by atoms with Gasteiger partial charge in [-0.15, -0.1) is 0 Å². The van der Waals surface area contributed by atoms with Gasteiger partial charge in [0.25, 0.3) is 0 Å². The molecule has 2 aromatic rings. The number of aryl methyl sites for hydroxylation is 1. The van der Waals surface area contributed by atoms with Crippen molar-refractivity contribution in [2.24, 2.45) is 0 Å². The van der Waals surface area contributed by atoms with Crippen molar-refractivity contribution in [1.82, 2.24) is 0 Å². The lowest BCUT2D eigenvalue weighted by atomic mass is 10.1. The van der Waals surface area contributed by atoms with E-state index in [9.17, 15) is 0 Å². The van der Waals surface area contributed by atoms with Crippen molar-refractivity contribution in [2.45, 2.75) is 6.92 Å². The largest absolute Gasteiger partial charge is 0.497 e. The topological polar surface area (TPSA) is 21.3 Å². The first-order valence-electron chi connectivity index (χ1n) is 6.39. The quantitative estimate of drug-likeness (QED) is 0.865. The predicted molar refractivity (Wildman–Crippen MR) is 81.7 cm³/mol. The average Bonchev–Trinajstić information content (AvgIpc) is 2.46. The van der Waals surface area contributed by atoms with E-state index in [-0.39, 0.29) is 0 Å². The zero-order valence-corrected chi connectivity index (χ0v) is 11.4. The Bertz CT molecular complexity index is 526. The Morgan fingerprint density at radius 1 is 1.00 bits per heavy atom. The van der Waals surface area contributed by atoms with Crippen LogP contribution in [0, 0.1) is 6.92 Å². The predicted octanol–water partition coefficient (Wildman–Crippen LogP) is 4.13. The van der Waals surface area contributed by atoms with Crippen LogP contribution in [0.2, 0.25) is 0 Å². The van der Waals surface area contributed by atoms with Crippen molar-refractivity contribution in [3.63, 3.8) is 0 Å². The molecule has 0 aliphatic heterocycles. The molecule has 1 N–H and O–H groups in total. The number of rotatable bonds is 5. The summed E-state index contributed by atoms with van der Waals surface area (Å²) in [5.74, 6) is 0.876. The number of methoxy groups -OCH3 is 1. The fraction of sp³-hybridized carbons (Fsp3) is 0.176. The van der Waals surface area contributed by atoms with E-state index < -0.39 is 0 Å². The Kier molecular flexibility index (Phi) is 4.62. The van der Waals surface area contributed by atoms with Crippen LogP contribution in [0.15, 0.2) is 54.6 Å². The minimum atomic E-state index is 0.806. The van der Waals surface area contributed by atoms with E-state index in [0.717, 1.165) is 18.0 Å². The second-order valence-electron chi connectivity index (χ2n) is 4.42. The first-order valence-corrected chi connectivity index (χ1v) is 6.39. The fourth-order valence-corrected chi connectivity index (χ4v) is 1.76. The molecule has 0 aromatic heterocycles. The van der Waals surface area contributed by atoms with Crippen LogP contribution in [0.4, 0.5) is 5.69 Å². The zero-order chi connectivity index (χ0) is 13.5. The van der Waals surface area contributed by atoms with E-state index in [0.29, 0.717) is 0 Å². The third-order valence-electron chi connectivity index (χ3n) is 2.90. The van der Waals surface area contributed by atoms with Crippen LogP contribution in [0.1, 0.15) is 11.1 Å². The number of hydrogen-bond acceptors (Lipinski definition) is 2. The summed E-state index contributed by atoms with van der Waals surface area (Å²) in [6, 6.07) is 16.4. The van der Waals surface area contributed by atoms with Gasteiger partial charge < -0.3 is 10.1 Å². The molecule has 0 saturated carbocycles. The minimum absolute atomic E-state index is 0.806. The van der Waals surface area contributed by atoms with Crippen LogP contribution in [0.25, 0.3) is 6.08 Å². The second-order valence-corrected chi connectivity index (χ2v) is 4.42. The van der Waals surface area contributed by atoms with Crippen molar-refractivity contribution in [3.05, 3.63) is 65.7 Å². The van der Waals surface area contributed by atoms with Crippen molar-refractivity contribution in [3.8, 4) is 5.75 Å². The Balaban J connectivity index is 1.83. The van der Waals surface area contributed by atoms with Gasteiger partial charge in [-0.3, -0.25) is 0 Å². The maximum atomic E-state index is 5.12. The molecular weight excluding hydrogens is 234 g/mol. The molecule has 0 radical (unpaired) electrons. The van der Waals surface area contributed by atoms with Crippen LogP contribution in [-0.4, -0.2) is 13.7 Å². The molecule has 2 aromatic carbocycles. The summed E-state index contributed by atoms with van der Waals surface area (Å²) in [4.78, 5) is 0. The number of ether oxygens (including phenoxy) is 1. The molecule has 0 saturated heterocycles. The minimum Gasteiger partial charge on any atom is -0.497 e. The second kappa shape index (κ2) is 6.64. The van der Waals surface area contributed by atoms with Gasteiger partial charge in [0.15, 0.2) is 0 Å². The number of anilines is 1. The normalized spacial score (nSPS) is 10.6. The summed E-state index contributed by atoms with van der Waals surface area (Å²) >= 11 is 0. The molecule has 0 fully saturated rings. The van der Waals surface area contributed by atoms with Gasteiger partial charge in [0.1, 0.15) is 5.75 Å². The molecular formula is C17H19NO. The smallest absolute Gasteiger partial charge is 0.119 e. The van der Waals surface area contributed by atoms with E-state index in [4.69, 9.17) is 4.74 Å². The van der Waals surface area contributed by atoms with E-state index in [2.05, 4.69) is 48.7 Å². The number of nitrogens with one attached hydrogen (secondary N) is 1. The monoisotopic (exact) mass is 253 g/mol. The van der Waals surface area contributed by atoms with Crippen molar-refractivity contribution >= 4 is 11.8 Å². The Labute approximate surface area is 114 Å². The molecule has 0 aliphatic carbocycles. The molecule has 2 nitrogen and oxygen atoms in total. The van der Waals surface area contributed by atoms with Gasteiger partial charge in [0, 0.05) is 12.2 Å². The standard InChI is InChI=1S/C17H19NO/c1-14-5-7-15(8-6-14)4-3-13-18-16-9-11-17(19-2)12-10-16/h3-12,18H,13H2,1-2H3/b4-3+. The van der Waals surface area contributed by atoms with Gasteiger partial charge >= 0.3 is 0 Å². The van der Waals surface area contributed by atoms with Crippen molar-refractivity contribution in [2.75, 3.05) is 19.0 Å². The van der Waals surface area contributed by atoms with E-state index in [1.54, 1.807) is 7.11 Å². The van der Waals surface area contributed by atoms with Gasteiger partial charge in [-0.25, -0.2) is 0 Å². The summed E-state index contributed by atoms with van der Waals surface area (Å²) in [7, 11) is 1.67. The molecule has 0 bridgehead atoms. The fourth-order valence-electron chi connectivity index (χ4n) is 1.76. The number of benzene rings is 2. The third kappa shape index (κ3) is 4.18. The van der Waals surface area contributed by atoms with Gasteiger partial charge in [-0.1, -0.05) is 42.0 Å². The molecule has 0 aliphatic rings. The summed E-state index contributed by atoms with van der Waals surface area (Å²) in [5, 5.41) is 3.34. The Hall–Kier alpha value is -2.22. The van der Waals surface area contributed by atoms with Crippen LogP contribution in [-0.2, 0) is 0 Å². The van der Waals surface area contributed by atoms with Gasteiger partial charge in [0.2, 0.25) is 0 Å². The molecule has 2 rings (SSSR count). The molecule has 0 heterocycles. The SMILES string of the molecule is COc1ccc(NC/C=C/c2ccc(C)cc2)cc1. The van der Waals surface area contributed by atoms with Gasteiger partial charge in [-0.2, -0.15) is 0 Å². The van der Waals surface area contributed by atoms with Crippen LogP contribution in [0.5, 0.6) is 5.75 Å². The van der Waals surface area contributed by atoms with Crippen LogP contribution in [0.3, 0.4) is 0 Å². The highest BCUT2D eigenvalue weighted by Crippen LogP contribution is 2.14. The first-order chi connectivity index (χ1) is 9.28. The highest BCUT2D eigenvalue weighted by molar-refractivity contribution is 5.52. The van der Waals surface area contributed by atoms with Crippen LogP contribution >= 0.6 is 0 Å². The van der Waals surface area contributed by atoms with E-state index >= 15 is 0 Å². The first kappa shape index (κ1) is 13.2. The van der Waals surface area contributed by atoms with Gasteiger partial charge in [-0.05, 0) is 36.8 Å². The van der Waals surface area contributed by atoms with Gasteiger partial charge in [0.05, 0.1) is 7.11 Å². The Morgan fingerprint density at radius 2 is 1.68 bits per heavy atom. The molecule has 0 amide bonds. The molecule has 0 spiro atoms.